The zero-order chi connectivity index (χ0) is 17.0. The number of carbonyl (C=O) groups is 3. The first-order valence-corrected chi connectivity index (χ1v) is 7.24. The van der Waals surface area contributed by atoms with Crippen molar-refractivity contribution < 1.29 is 24.2 Å². The first-order valence-electron chi connectivity index (χ1n) is 7.24. The maximum atomic E-state index is 12.2. The van der Waals surface area contributed by atoms with Crippen molar-refractivity contribution in [2.75, 3.05) is 6.54 Å². The lowest BCUT2D eigenvalue weighted by atomic mass is 9.78. The normalized spacial score (nSPS) is 23.6. The van der Waals surface area contributed by atoms with Crippen LogP contribution in [0, 0.1) is 5.41 Å². The molecule has 2 rings (SSSR count). The summed E-state index contributed by atoms with van der Waals surface area (Å²) in [7, 11) is 0. The van der Waals surface area contributed by atoms with E-state index in [0.717, 1.165) is 10.5 Å². The van der Waals surface area contributed by atoms with Gasteiger partial charge in [-0.15, -0.1) is 6.58 Å². The molecule has 1 amide bonds. The van der Waals surface area contributed by atoms with E-state index in [1.54, 1.807) is 19.1 Å². The Bertz CT molecular complexity index is 627. The van der Waals surface area contributed by atoms with Crippen LogP contribution in [0.1, 0.15) is 18.9 Å². The summed E-state index contributed by atoms with van der Waals surface area (Å²) < 4.78 is 5.16. The van der Waals surface area contributed by atoms with Gasteiger partial charge in [0.1, 0.15) is 12.6 Å². The number of aliphatic carboxylic acids is 1. The average molecular weight is 317 g/mol. The van der Waals surface area contributed by atoms with E-state index in [0.29, 0.717) is 0 Å². The van der Waals surface area contributed by atoms with Crippen molar-refractivity contribution in [2.24, 2.45) is 5.41 Å². The van der Waals surface area contributed by atoms with E-state index < -0.39 is 23.5 Å². The Hall–Kier alpha value is -2.63. The van der Waals surface area contributed by atoms with Gasteiger partial charge >= 0.3 is 12.1 Å². The zero-order valence-corrected chi connectivity index (χ0v) is 12.9. The van der Waals surface area contributed by atoms with Crippen LogP contribution in [0.25, 0.3) is 0 Å². The fourth-order valence-electron chi connectivity index (χ4n) is 2.83. The van der Waals surface area contributed by atoms with Gasteiger partial charge in [-0.25, -0.2) is 9.59 Å². The number of carbonyl (C=O) groups excluding carboxylic acids is 2. The van der Waals surface area contributed by atoms with Gasteiger partial charge in [0.15, 0.2) is 5.78 Å². The van der Waals surface area contributed by atoms with Crippen molar-refractivity contribution in [2.45, 2.75) is 26.0 Å². The molecule has 6 nitrogen and oxygen atoms in total. The smallest absolute Gasteiger partial charge is 0.411 e. The van der Waals surface area contributed by atoms with Crippen LogP contribution in [0.4, 0.5) is 4.79 Å². The molecule has 0 aliphatic carbocycles. The number of carboxylic acid groups (broad SMARTS) is 1. The van der Waals surface area contributed by atoms with Crippen molar-refractivity contribution in [3.05, 3.63) is 48.6 Å². The van der Waals surface area contributed by atoms with Crippen molar-refractivity contribution in [1.29, 1.82) is 0 Å². The zero-order valence-electron chi connectivity index (χ0n) is 12.9. The van der Waals surface area contributed by atoms with Gasteiger partial charge in [-0.1, -0.05) is 36.4 Å². The molecule has 2 atom stereocenters. The molecule has 0 radical (unpaired) electrons. The molecule has 1 aliphatic rings. The quantitative estimate of drug-likeness (QED) is 0.842. The standard InChI is InChI=1S/C17H19NO5/c1-3-9-17(2)13(19)10-18(14(17)15(20)21)16(22)23-11-12-7-5-4-6-8-12/h3-8,14H,1,9-11H2,2H3,(H,20,21)/t14-,17-/m1/s1. The number of Topliss-reactive ketones (excluding diaryl/α,β-unsaturated/α-hetero) is 1. The predicted octanol–water partition coefficient (Wildman–Crippen LogP) is 2.24. The average Bonchev–Trinajstić information content (AvgIpc) is 2.78. The first kappa shape index (κ1) is 16.7. The number of rotatable bonds is 5. The van der Waals surface area contributed by atoms with Crippen LogP contribution in [0.3, 0.4) is 0 Å². The highest BCUT2D eigenvalue weighted by Crippen LogP contribution is 2.38. The van der Waals surface area contributed by atoms with Gasteiger partial charge in [0.2, 0.25) is 0 Å². The number of carboxylic acids is 1. The molecule has 1 saturated heterocycles. The van der Waals surface area contributed by atoms with Crippen molar-refractivity contribution in [3.8, 4) is 0 Å². The maximum Gasteiger partial charge on any atom is 0.411 e. The van der Waals surface area contributed by atoms with Gasteiger partial charge in [0, 0.05) is 0 Å². The summed E-state index contributed by atoms with van der Waals surface area (Å²) in [6, 6.07) is 7.79. The van der Waals surface area contributed by atoms with Crippen LogP contribution < -0.4 is 0 Å². The van der Waals surface area contributed by atoms with Crippen molar-refractivity contribution in [3.63, 3.8) is 0 Å². The van der Waals surface area contributed by atoms with Gasteiger partial charge in [0.25, 0.3) is 0 Å². The molecule has 0 bridgehead atoms. The Kier molecular flexibility index (Phi) is 4.83. The number of amides is 1. The van der Waals surface area contributed by atoms with E-state index in [1.807, 2.05) is 18.2 Å². The number of nitrogens with zero attached hydrogens (tertiary/aromatic N) is 1. The highest BCUT2D eigenvalue weighted by molar-refractivity contribution is 5.99. The topological polar surface area (TPSA) is 83.9 Å². The van der Waals surface area contributed by atoms with Gasteiger partial charge in [0.05, 0.1) is 12.0 Å². The second-order valence-electron chi connectivity index (χ2n) is 5.74. The van der Waals surface area contributed by atoms with Gasteiger partial charge < -0.3 is 9.84 Å². The Labute approximate surface area is 134 Å². The first-order chi connectivity index (χ1) is 10.9. The molecule has 1 aromatic carbocycles. The summed E-state index contributed by atoms with van der Waals surface area (Å²) in [6.45, 7) is 4.86. The molecule has 1 N–H and O–H groups in total. The third-order valence-electron chi connectivity index (χ3n) is 4.11. The Morgan fingerprint density at radius 3 is 2.65 bits per heavy atom. The van der Waals surface area contributed by atoms with E-state index in [1.165, 1.54) is 6.08 Å². The fourth-order valence-corrected chi connectivity index (χ4v) is 2.83. The van der Waals surface area contributed by atoms with Gasteiger partial charge in [-0.2, -0.15) is 0 Å². The molecule has 122 valence electrons. The molecule has 0 aromatic heterocycles. The molecule has 0 saturated carbocycles. The molecule has 1 aromatic rings. The van der Waals surface area contributed by atoms with Crippen molar-refractivity contribution >= 4 is 17.8 Å². The minimum Gasteiger partial charge on any atom is -0.480 e. The van der Waals surface area contributed by atoms with Crippen LogP contribution in [0.15, 0.2) is 43.0 Å². The molecule has 0 spiro atoms. The van der Waals surface area contributed by atoms with Crippen LogP contribution in [-0.2, 0) is 20.9 Å². The summed E-state index contributed by atoms with van der Waals surface area (Å²) >= 11 is 0. The number of likely N-dealkylation sites (tertiary alicyclic amines) is 1. The lowest BCUT2D eigenvalue weighted by Gasteiger charge is -2.29. The minimum atomic E-state index is -1.25. The predicted molar refractivity (Wildman–Crippen MR) is 82.7 cm³/mol. The largest absolute Gasteiger partial charge is 0.480 e. The number of ketones is 1. The van der Waals surface area contributed by atoms with Crippen LogP contribution >= 0.6 is 0 Å². The highest BCUT2D eigenvalue weighted by Gasteiger charge is 2.55. The Morgan fingerprint density at radius 2 is 2.09 bits per heavy atom. The number of hydrogen-bond acceptors (Lipinski definition) is 4. The molecular weight excluding hydrogens is 298 g/mol. The number of hydrogen-bond donors (Lipinski definition) is 1. The summed E-state index contributed by atoms with van der Waals surface area (Å²) in [5.41, 5.74) is -0.397. The maximum absolute atomic E-state index is 12.2. The second kappa shape index (κ2) is 6.64. The van der Waals surface area contributed by atoms with E-state index >= 15 is 0 Å². The molecule has 1 heterocycles. The van der Waals surface area contributed by atoms with Crippen LogP contribution in [0.5, 0.6) is 0 Å². The van der Waals surface area contributed by atoms with Gasteiger partial charge in [-0.05, 0) is 18.9 Å². The van der Waals surface area contributed by atoms with Crippen LogP contribution in [-0.4, -0.2) is 40.4 Å². The summed E-state index contributed by atoms with van der Waals surface area (Å²) in [6.07, 6.45) is 0.875. The minimum absolute atomic E-state index is 0.0227. The monoisotopic (exact) mass is 317 g/mol. The summed E-state index contributed by atoms with van der Waals surface area (Å²) in [5, 5.41) is 9.46. The van der Waals surface area contributed by atoms with Crippen molar-refractivity contribution in [1.82, 2.24) is 4.90 Å². The molecule has 0 unspecified atom stereocenters. The van der Waals surface area contributed by atoms with E-state index in [-0.39, 0.29) is 25.4 Å². The van der Waals surface area contributed by atoms with E-state index in [9.17, 15) is 19.5 Å². The SMILES string of the molecule is C=CC[C@]1(C)C(=O)CN(C(=O)OCc2ccccc2)[C@@H]1C(=O)O. The lowest BCUT2D eigenvalue weighted by Crippen LogP contribution is -2.47. The molecular formula is C17H19NO5. The number of allylic oxidation sites excluding steroid dienone is 1. The summed E-state index contributed by atoms with van der Waals surface area (Å²) in [4.78, 5) is 37.0. The Balaban J connectivity index is 2.14. The second-order valence-corrected chi connectivity index (χ2v) is 5.74. The molecule has 1 aliphatic heterocycles. The highest BCUT2D eigenvalue weighted by atomic mass is 16.6. The van der Waals surface area contributed by atoms with E-state index in [2.05, 4.69) is 6.58 Å². The Morgan fingerprint density at radius 1 is 1.43 bits per heavy atom. The number of ether oxygens (including phenoxy) is 1. The summed E-state index contributed by atoms with van der Waals surface area (Å²) in [5.74, 6) is -1.53. The third kappa shape index (κ3) is 3.26. The molecule has 23 heavy (non-hydrogen) atoms. The third-order valence-corrected chi connectivity index (χ3v) is 4.11. The van der Waals surface area contributed by atoms with E-state index in [4.69, 9.17) is 4.74 Å². The van der Waals surface area contributed by atoms with Crippen LogP contribution in [0.2, 0.25) is 0 Å². The number of benzene rings is 1. The molecule has 1 fully saturated rings. The molecule has 6 heteroatoms. The lowest BCUT2D eigenvalue weighted by molar-refractivity contribution is -0.146. The fraction of sp³-hybridized carbons (Fsp3) is 0.353. The van der Waals surface area contributed by atoms with Gasteiger partial charge in [-0.3, -0.25) is 9.69 Å².